The van der Waals surface area contributed by atoms with Crippen LogP contribution in [-0.2, 0) is 14.4 Å². The molecule has 0 aromatic carbocycles. The molecule has 2 amide bonds. The Morgan fingerprint density at radius 2 is 1.84 bits per heavy atom. The first kappa shape index (κ1) is 19.7. The van der Waals surface area contributed by atoms with Crippen molar-refractivity contribution in [3.05, 3.63) is 0 Å². The first-order chi connectivity index (χ1) is 12.1. The Balaban J connectivity index is 1.77. The van der Waals surface area contributed by atoms with Gasteiger partial charge in [-0.25, -0.2) is 0 Å². The van der Waals surface area contributed by atoms with Gasteiger partial charge in [0.25, 0.3) is 0 Å². The maximum absolute atomic E-state index is 12.6. The van der Waals surface area contributed by atoms with Crippen molar-refractivity contribution in [2.75, 3.05) is 32.7 Å². The third-order valence-corrected chi connectivity index (χ3v) is 5.26. The fourth-order valence-corrected chi connectivity index (χ4v) is 3.68. The van der Waals surface area contributed by atoms with Crippen LogP contribution < -0.4 is 10.6 Å². The minimum atomic E-state index is -0.920. The van der Waals surface area contributed by atoms with Gasteiger partial charge in [0, 0.05) is 26.1 Å². The van der Waals surface area contributed by atoms with E-state index in [1.54, 1.807) is 0 Å². The van der Waals surface area contributed by atoms with Crippen molar-refractivity contribution in [1.29, 1.82) is 0 Å². The number of carboxylic acids is 1. The van der Waals surface area contributed by atoms with E-state index in [2.05, 4.69) is 10.6 Å². The van der Waals surface area contributed by atoms with Crippen LogP contribution in [0.2, 0.25) is 0 Å². The van der Waals surface area contributed by atoms with E-state index < -0.39 is 5.97 Å². The minimum absolute atomic E-state index is 0.0721. The van der Waals surface area contributed by atoms with Gasteiger partial charge in [0.2, 0.25) is 11.8 Å². The summed E-state index contributed by atoms with van der Waals surface area (Å²) >= 11 is 0. The highest BCUT2D eigenvalue weighted by molar-refractivity contribution is 5.81. The first-order valence-corrected chi connectivity index (χ1v) is 9.54. The van der Waals surface area contributed by atoms with Crippen LogP contribution in [0.5, 0.6) is 0 Å². The maximum Gasteiger partial charge on any atom is 0.305 e. The van der Waals surface area contributed by atoms with Gasteiger partial charge in [-0.2, -0.15) is 0 Å². The molecule has 1 unspecified atom stereocenters. The Kier molecular flexibility index (Phi) is 8.18. The summed E-state index contributed by atoms with van der Waals surface area (Å²) in [6.45, 7) is 3.42. The average molecular weight is 353 g/mol. The molecule has 2 rings (SSSR count). The summed E-state index contributed by atoms with van der Waals surface area (Å²) in [5.41, 5.74) is 0. The van der Waals surface area contributed by atoms with Crippen LogP contribution in [0, 0.1) is 11.8 Å². The van der Waals surface area contributed by atoms with Crippen molar-refractivity contribution < 1.29 is 19.5 Å². The first-order valence-electron chi connectivity index (χ1n) is 9.54. The number of aliphatic carboxylic acids is 1. The van der Waals surface area contributed by atoms with Gasteiger partial charge in [0.05, 0.1) is 12.3 Å². The van der Waals surface area contributed by atoms with Crippen LogP contribution in [-0.4, -0.2) is 60.5 Å². The monoisotopic (exact) mass is 353 g/mol. The Morgan fingerprint density at radius 3 is 2.56 bits per heavy atom. The lowest BCUT2D eigenvalue weighted by molar-refractivity contribution is -0.137. The molecule has 2 aliphatic rings. The van der Waals surface area contributed by atoms with E-state index in [0.717, 1.165) is 58.2 Å². The highest BCUT2D eigenvalue weighted by Crippen LogP contribution is 2.21. The van der Waals surface area contributed by atoms with Crippen molar-refractivity contribution in [1.82, 2.24) is 15.5 Å². The summed E-state index contributed by atoms with van der Waals surface area (Å²) in [4.78, 5) is 37.2. The van der Waals surface area contributed by atoms with Gasteiger partial charge in [-0.3, -0.25) is 14.4 Å². The van der Waals surface area contributed by atoms with Crippen molar-refractivity contribution >= 4 is 17.8 Å². The molecule has 0 aromatic heterocycles. The molecule has 3 N–H and O–H groups in total. The van der Waals surface area contributed by atoms with Crippen molar-refractivity contribution in [3.8, 4) is 0 Å². The number of rotatable bonds is 7. The third kappa shape index (κ3) is 7.02. The second-order valence-corrected chi connectivity index (χ2v) is 7.20. The van der Waals surface area contributed by atoms with Crippen LogP contribution in [0.15, 0.2) is 0 Å². The summed E-state index contributed by atoms with van der Waals surface area (Å²) in [6.07, 6.45) is 6.33. The molecule has 142 valence electrons. The highest BCUT2D eigenvalue weighted by Gasteiger charge is 2.27. The number of nitrogens with zero attached hydrogens (tertiary/aromatic N) is 1. The van der Waals surface area contributed by atoms with E-state index in [1.807, 2.05) is 4.90 Å². The molecule has 2 fully saturated rings. The van der Waals surface area contributed by atoms with Gasteiger partial charge < -0.3 is 20.6 Å². The zero-order chi connectivity index (χ0) is 18.1. The molecule has 7 heteroatoms. The van der Waals surface area contributed by atoms with Gasteiger partial charge in [0.15, 0.2) is 0 Å². The van der Waals surface area contributed by atoms with Crippen molar-refractivity contribution in [2.45, 2.75) is 51.4 Å². The molecule has 0 aliphatic carbocycles. The molecule has 1 atom stereocenters. The number of carboxylic acid groups (broad SMARTS) is 1. The molecule has 2 heterocycles. The fraction of sp³-hybridized carbons (Fsp3) is 0.833. The van der Waals surface area contributed by atoms with E-state index in [-0.39, 0.29) is 30.7 Å². The normalized spacial score (nSPS) is 22.2. The number of hydrogen-bond acceptors (Lipinski definition) is 4. The number of nitrogens with one attached hydrogen (secondary N) is 2. The van der Waals surface area contributed by atoms with E-state index in [4.69, 9.17) is 5.11 Å². The Morgan fingerprint density at radius 1 is 1.08 bits per heavy atom. The lowest BCUT2D eigenvalue weighted by atomic mass is 9.93. The van der Waals surface area contributed by atoms with E-state index in [1.165, 1.54) is 0 Å². The third-order valence-electron chi connectivity index (χ3n) is 5.26. The topological polar surface area (TPSA) is 98.7 Å². The van der Waals surface area contributed by atoms with E-state index >= 15 is 0 Å². The quantitative estimate of drug-likeness (QED) is 0.634. The van der Waals surface area contributed by atoms with Gasteiger partial charge in [-0.1, -0.05) is 6.42 Å². The molecule has 7 nitrogen and oxygen atoms in total. The number of carbonyl (C=O) groups excluding carboxylic acids is 2. The smallest absolute Gasteiger partial charge is 0.305 e. The Bertz CT molecular complexity index is 463. The average Bonchev–Trinajstić information content (AvgIpc) is 2.86. The number of hydrogen-bond donors (Lipinski definition) is 3. The fourth-order valence-electron chi connectivity index (χ4n) is 3.68. The molecule has 0 saturated carbocycles. The van der Waals surface area contributed by atoms with Crippen molar-refractivity contribution in [2.24, 2.45) is 11.8 Å². The molecule has 0 aromatic rings. The van der Waals surface area contributed by atoms with Crippen LogP contribution >= 0.6 is 0 Å². The second-order valence-electron chi connectivity index (χ2n) is 7.20. The second kappa shape index (κ2) is 10.4. The van der Waals surface area contributed by atoms with E-state index in [0.29, 0.717) is 18.9 Å². The van der Waals surface area contributed by atoms with Gasteiger partial charge in [-0.15, -0.1) is 0 Å². The molecular weight excluding hydrogens is 322 g/mol. The predicted molar refractivity (Wildman–Crippen MR) is 94.0 cm³/mol. The van der Waals surface area contributed by atoms with Gasteiger partial charge >= 0.3 is 5.97 Å². The SMILES string of the molecule is O=C(O)CCNC(=O)C1CCCCN(C(=O)CCC2CCNCC2)C1. The largest absolute Gasteiger partial charge is 0.481 e. The predicted octanol–water partition coefficient (Wildman–Crippen LogP) is 0.986. The van der Waals surface area contributed by atoms with Crippen molar-refractivity contribution in [3.63, 3.8) is 0 Å². The van der Waals surface area contributed by atoms with Crippen LogP contribution in [0.3, 0.4) is 0 Å². The molecule has 0 radical (unpaired) electrons. The molecule has 25 heavy (non-hydrogen) atoms. The minimum Gasteiger partial charge on any atom is -0.481 e. The summed E-state index contributed by atoms with van der Waals surface area (Å²) in [7, 11) is 0. The lowest BCUT2D eigenvalue weighted by Gasteiger charge is -2.26. The van der Waals surface area contributed by atoms with E-state index in [9.17, 15) is 14.4 Å². The number of likely N-dealkylation sites (tertiary alicyclic amines) is 1. The van der Waals surface area contributed by atoms with Gasteiger partial charge in [-0.05, 0) is 51.1 Å². The Hall–Kier alpha value is -1.63. The standard InChI is InChI=1S/C18H31N3O4/c22-16(5-4-14-6-9-19-10-7-14)21-12-2-1-3-15(13-21)18(25)20-11-8-17(23)24/h14-15,19H,1-13H2,(H,20,25)(H,23,24). The number of amides is 2. The molecule has 0 spiro atoms. The zero-order valence-corrected chi connectivity index (χ0v) is 15.0. The van der Waals surface area contributed by atoms with Crippen LogP contribution in [0.4, 0.5) is 0 Å². The van der Waals surface area contributed by atoms with Crippen LogP contribution in [0.1, 0.15) is 51.4 Å². The number of piperidine rings is 1. The summed E-state index contributed by atoms with van der Waals surface area (Å²) < 4.78 is 0. The summed E-state index contributed by atoms with van der Waals surface area (Å²) in [5, 5.41) is 14.7. The van der Waals surface area contributed by atoms with Gasteiger partial charge in [0.1, 0.15) is 0 Å². The number of carbonyl (C=O) groups is 3. The summed E-state index contributed by atoms with van der Waals surface area (Å²) in [5.74, 6) is -0.481. The maximum atomic E-state index is 12.6. The molecule has 2 saturated heterocycles. The highest BCUT2D eigenvalue weighted by atomic mass is 16.4. The summed E-state index contributed by atoms with van der Waals surface area (Å²) in [6, 6.07) is 0. The Labute approximate surface area is 149 Å². The van der Waals surface area contributed by atoms with Crippen LogP contribution in [0.25, 0.3) is 0 Å². The molecule has 0 bridgehead atoms. The molecule has 2 aliphatic heterocycles. The lowest BCUT2D eigenvalue weighted by Crippen LogP contribution is -2.41. The molecular formula is C18H31N3O4. The zero-order valence-electron chi connectivity index (χ0n) is 15.0.